The third-order valence-electron chi connectivity index (χ3n) is 5.91. The smallest absolute Gasteiger partial charge is 0.262 e. The maximum Gasteiger partial charge on any atom is 0.262 e. The molecule has 6 heteroatoms. The lowest BCUT2D eigenvalue weighted by Crippen LogP contribution is -2.37. The number of anilines is 1. The van der Waals surface area contributed by atoms with E-state index in [1.54, 1.807) is 24.3 Å². The molecule has 156 valence electrons. The van der Waals surface area contributed by atoms with Crippen LogP contribution >= 0.6 is 0 Å². The summed E-state index contributed by atoms with van der Waals surface area (Å²) in [6, 6.07) is 20.0. The Morgan fingerprint density at radius 2 is 1.61 bits per heavy atom. The average molecular weight is 417 g/mol. The van der Waals surface area contributed by atoms with Crippen LogP contribution in [0.2, 0.25) is 0 Å². The van der Waals surface area contributed by atoms with Gasteiger partial charge < -0.3 is 4.90 Å². The Kier molecular flexibility index (Phi) is 4.98. The number of amides is 1. The van der Waals surface area contributed by atoms with E-state index >= 15 is 0 Å². The van der Waals surface area contributed by atoms with Crippen LogP contribution in [0.15, 0.2) is 77.9 Å². The standard InChI is InChI=1S/C25H21F2N3O/c26-20-9-5-17(6-10-20)22-15-24(19-7-11-21(27)12-8-19)30(28-22)25(31)16-29-14-13-18-3-1-2-4-23(18)29/h1-12,24H,13-16H2. The number of rotatable bonds is 4. The van der Waals surface area contributed by atoms with E-state index in [0.717, 1.165) is 29.8 Å². The Morgan fingerprint density at radius 3 is 2.35 bits per heavy atom. The monoisotopic (exact) mass is 417 g/mol. The maximum atomic E-state index is 13.5. The van der Waals surface area contributed by atoms with Gasteiger partial charge in [-0.15, -0.1) is 0 Å². The molecule has 1 unspecified atom stereocenters. The predicted molar refractivity (Wildman–Crippen MR) is 116 cm³/mol. The van der Waals surface area contributed by atoms with Gasteiger partial charge in [0.2, 0.25) is 0 Å². The van der Waals surface area contributed by atoms with E-state index in [0.29, 0.717) is 12.1 Å². The number of hydrogen-bond acceptors (Lipinski definition) is 3. The Balaban J connectivity index is 1.44. The first-order valence-corrected chi connectivity index (χ1v) is 10.3. The number of fused-ring (bicyclic) bond motifs is 1. The second kappa shape index (κ2) is 7.95. The van der Waals surface area contributed by atoms with E-state index in [-0.39, 0.29) is 30.1 Å². The van der Waals surface area contributed by atoms with Crippen LogP contribution in [0, 0.1) is 11.6 Å². The molecule has 2 heterocycles. The molecule has 31 heavy (non-hydrogen) atoms. The molecule has 2 aliphatic heterocycles. The minimum atomic E-state index is -0.328. The first-order chi connectivity index (χ1) is 15.1. The van der Waals surface area contributed by atoms with Gasteiger partial charge in [0.05, 0.1) is 18.3 Å². The van der Waals surface area contributed by atoms with E-state index in [9.17, 15) is 13.6 Å². The maximum absolute atomic E-state index is 13.5. The third kappa shape index (κ3) is 3.81. The summed E-state index contributed by atoms with van der Waals surface area (Å²) >= 11 is 0. The summed E-state index contributed by atoms with van der Waals surface area (Å²) in [7, 11) is 0. The van der Waals surface area contributed by atoms with Crippen molar-refractivity contribution in [3.8, 4) is 0 Å². The summed E-state index contributed by atoms with van der Waals surface area (Å²) in [6.45, 7) is 1.00. The molecule has 0 aromatic heterocycles. The molecule has 0 bridgehead atoms. The second-order valence-electron chi connectivity index (χ2n) is 7.86. The minimum Gasteiger partial charge on any atom is -0.362 e. The van der Waals surface area contributed by atoms with Crippen LogP contribution in [0.3, 0.4) is 0 Å². The molecule has 0 saturated heterocycles. The zero-order valence-corrected chi connectivity index (χ0v) is 16.8. The molecule has 0 saturated carbocycles. The molecule has 0 spiro atoms. The van der Waals surface area contributed by atoms with Gasteiger partial charge in [-0.05, 0) is 53.4 Å². The molecular weight excluding hydrogens is 396 g/mol. The molecule has 0 aliphatic carbocycles. The SMILES string of the molecule is O=C(CN1CCc2ccccc21)N1N=C(c2ccc(F)cc2)CC1c1ccc(F)cc1. The topological polar surface area (TPSA) is 35.9 Å². The van der Waals surface area contributed by atoms with Crippen LogP contribution in [-0.4, -0.2) is 29.7 Å². The molecule has 0 radical (unpaired) electrons. The lowest BCUT2D eigenvalue weighted by molar-refractivity contribution is -0.131. The van der Waals surface area contributed by atoms with E-state index in [4.69, 9.17) is 0 Å². The third-order valence-corrected chi connectivity index (χ3v) is 5.91. The zero-order valence-electron chi connectivity index (χ0n) is 16.8. The number of halogens is 2. The molecular formula is C25H21F2N3O. The number of carbonyl (C=O) groups is 1. The number of carbonyl (C=O) groups excluding carboxylic acids is 1. The Bertz CT molecular complexity index is 1140. The van der Waals surface area contributed by atoms with Crippen LogP contribution in [0.25, 0.3) is 0 Å². The summed E-state index contributed by atoms with van der Waals surface area (Å²) in [5.74, 6) is -0.769. The van der Waals surface area contributed by atoms with Crippen LogP contribution in [0.4, 0.5) is 14.5 Å². The summed E-state index contributed by atoms with van der Waals surface area (Å²) < 4.78 is 26.8. The summed E-state index contributed by atoms with van der Waals surface area (Å²) in [6.07, 6.45) is 1.40. The molecule has 5 rings (SSSR count). The zero-order chi connectivity index (χ0) is 21.4. The largest absolute Gasteiger partial charge is 0.362 e. The van der Waals surface area contributed by atoms with Gasteiger partial charge in [0.1, 0.15) is 11.6 Å². The normalized spacial score (nSPS) is 17.6. The van der Waals surface area contributed by atoms with Gasteiger partial charge in [0, 0.05) is 18.7 Å². The van der Waals surface area contributed by atoms with Crippen LogP contribution in [0.1, 0.15) is 29.2 Å². The van der Waals surface area contributed by atoms with Gasteiger partial charge in [-0.1, -0.05) is 42.5 Å². The van der Waals surface area contributed by atoms with Crippen molar-refractivity contribution in [2.75, 3.05) is 18.0 Å². The number of benzene rings is 3. The van der Waals surface area contributed by atoms with Gasteiger partial charge in [0.25, 0.3) is 5.91 Å². The Hall–Kier alpha value is -3.54. The van der Waals surface area contributed by atoms with Crippen molar-refractivity contribution in [3.63, 3.8) is 0 Å². The molecule has 0 N–H and O–H groups in total. The first-order valence-electron chi connectivity index (χ1n) is 10.3. The summed E-state index contributed by atoms with van der Waals surface area (Å²) in [5, 5.41) is 6.13. The fourth-order valence-electron chi connectivity index (χ4n) is 4.31. The van der Waals surface area contributed by atoms with Gasteiger partial charge in [0.15, 0.2) is 0 Å². The quantitative estimate of drug-likeness (QED) is 0.617. The highest BCUT2D eigenvalue weighted by molar-refractivity contribution is 6.03. The van der Waals surface area contributed by atoms with Crippen molar-refractivity contribution in [2.45, 2.75) is 18.9 Å². The fraction of sp³-hybridized carbons (Fsp3) is 0.200. The second-order valence-corrected chi connectivity index (χ2v) is 7.86. The highest BCUT2D eigenvalue weighted by Gasteiger charge is 2.34. The lowest BCUT2D eigenvalue weighted by Gasteiger charge is -2.26. The van der Waals surface area contributed by atoms with Crippen molar-refractivity contribution in [2.24, 2.45) is 5.10 Å². The van der Waals surface area contributed by atoms with Crippen LogP contribution in [0.5, 0.6) is 0 Å². The minimum absolute atomic E-state index is 0.122. The number of hydrogen-bond donors (Lipinski definition) is 0. The average Bonchev–Trinajstić information content (AvgIpc) is 3.40. The van der Waals surface area contributed by atoms with Gasteiger partial charge in [-0.25, -0.2) is 13.8 Å². The Labute approximate surface area is 179 Å². The number of hydrazone groups is 1. The predicted octanol–water partition coefficient (Wildman–Crippen LogP) is 4.71. The summed E-state index contributed by atoms with van der Waals surface area (Å²) in [5.41, 5.74) is 4.62. The van der Waals surface area contributed by atoms with Crippen molar-refractivity contribution < 1.29 is 13.6 Å². The van der Waals surface area contributed by atoms with Gasteiger partial charge in [-0.2, -0.15) is 5.10 Å². The molecule has 2 aliphatic rings. The molecule has 4 nitrogen and oxygen atoms in total. The molecule has 0 fully saturated rings. The molecule has 3 aromatic carbocycles. The Morgan fingerprint density at radius 1 is 0.935 bits per heavy atom. The van der Waals surface area contributed by atoms with Gasteiger partial charge in [-0.3, -0.25) is 4.79 Å². The van der Waals surface area contributed by atoms with E-state index in [1.165, 1.54) is 34.8 Å². The lowest BCUT2D eigenvalue weighted by atomic mass is 9.98. The highest BCUT2D eigenvalue weighted by Crippen LogP contribution is 2.34. The number of nitrogens with zero attached hydrogens (tertiary/aromatic N) is 3. The number of para-hydroxylation sites is 1. The first kappa shape index (κ1) is 19.4. The molecule has 1 atom stereocenters. The van der Waals surface area contributed by atoms with Crippen molar-refractivity contribution in [1.82, 2.24) is 5.01 Å². The highest BCUT2D eigenvalue weighted by atomic mass is 19.1. The van der Waals surface area contributed by atoms with E-state index in [1.807, 2.05) is 18.2 Å². The van der Waals surface area contributed by atoms with Crippen molar-refractivity contribution >= 4 is 17.3 Å². The van der Waals surface area contributed by atoms with Crippen molar-refractivity contribution in [1.29, 1.82) is 0 Å². The summed E-state index contributed by atoms with van der Waals surface area (Å²) in [4.78, 5) is 15.4. The van der Waals surface area contributed by atoms with E-state index in [2.05, 4.69) is 16.1 Å². The van der Waals surface area contributed by atoms with Crippen molar-refractivity contribution in [3.05, 3.63) is 101 Å². The molecule has 1 amide bonds. The van der Waals surface area contributed by atoms with E-state index < -0.39 is 0 Å². The van der Waals surface area contributed by atoms with Crippen LogP contribution in [-0.2, 0) is 11.2 Å². The fourth-order valence-corrected chi connectivity index (χ4v) is 4.31. The van der Waals surface area contributed by atoms with Crippen LogP contribution < -0.4 is 4.90 Å². The van der Waals surface area contributed by atoms with Gasteiger partial charge >= 0.3 is 0 Å². The molecule has 3 aromatic rings.